The van der Waals surface area contributed by atoms with E-state index < -0.39 is 11.6 Å². The lowest BCUT2D eigenvalue weighted by molar-refractivity contribution is -0.0683. The molecule has 0 heterocycles. The lowest BCUT2D eigenvalue weighted by atomic mass is 9.47. The first-order chi connectivity index (χ1) is 9.56. The molecule has 1 aromatic carbocycles. The predicted octanol–water partition coefficient (Wildman–Crippen LogP) is 4.18. The number of halogens is 2. The molecule has 4 aliphatic rings. The van der Waals surface area contributed by atoms with Crippen molar-refractivity contribution in [1.29, 1.82) is 0 Å². The SMILES string of the molecule is NC(c1ccc(F)cc1F)C12CC3CC(CC(C3)C1)C2. The number of hydrogen-bond donors (Lipinski definition) is 1. The van der Waals surface area contributed by atoms with Gasteiger partial charge in [-0.3, -0.25) is 0 Å². The smallest absolute Gasteiger partial charge is 0.130 e. The molecule has 1 nitrogen and oxygen atoms in total. The van der Waals surface area contributed by atoms with Gasteiger partial charge < -0.3 is 5.73 Å². The van der Waals surface area contributed by atoms with Gasteiger partial charge in [0.25, 0.3) is 0 Å². The molecule has 1 unspecified atom stereocenters. The van der Waals surface area contributed by atoms with E-state index in [-0.39, 0.29) is 11.5 Å². The van der Waals surface area contributed by atoms with Crippen molar-refractivity contribution in [2.45, 2.75) is 44.6 Å². The molecule has 4 fully saturated rings. The maximum absolute atomic E-state index is 14.1. The molecular formula is C17H21F2N. The van der Waals surface area contributed by atoms with Gasteiger partial charge in [0.15, 0.2) is 0 Å². The van der Waals surface area contributed by atoms with E-state index in [9.17, 15) is 8.78 Å². The average Bonchev–Trinajstić information content (AvgIpc) is 2.36. The molecule has 108 valence electrons. The second-order valence-electron chi connectivity index (χ2n) is 7.42. The highest BCUT2D eigenvalue weighted by Crippen LogP contribution is 2.63. The first kappa shape index (κ1) is 12.8. The molecule has 4 bridgehead atoms. The molecule has 5 rings (SSSR count). The number of rotatable bonds is 2. The van der Waals surface area contributed by atoms with E-state index in [0.717, 1.165) is 43.1 Å². The first-order valence-corrected chi connectivity index (χ1v) is 7.76. The number of nitrogens with two attached hydrogens (primary N) is 1. The third-order valence-corrected chi connectivity index (χ3v) is 6.04. The third kappa shape index (κ3) is 1.82. The number of hydrogen-bond acceptors (Lipinski definition) is 1. The van der Waals surface area contributed by atoms with Gasteiger partial charge in [-0.15, -0.1) is 0 Å². The van der Waals surface area contributed by atoms with E-state index in [0.29, 0.717) is 5.56 Å². The molecule has 4 saturated carbocycles. The van der Waals surface area contributed by atoms with Crippen LogP contribution in [-0.4, -0.2) is 0 Å². The Morgan fingerprint density at radius 2 is 1.55 bits per heavy atom. The fourth-order valence-electron chi connectivity index (χ4n) is 5.64. The highest BCUT2D eigenvalue weighted by Gasteiger charge is 2.53. The lowest BCUT2D eigenvalue weighted by Gasteiger charge is -2.59. The molecule has 0 spiro atoms. The molecule has 0 aliphatic heterocycles. The van der Waals surface area contributed by atoms with Crippen LogP contribution >= 0.6 is 0 Å². The Kier molecular flexibility index (Phi) is 2.72. The summed E-state index contributed by atoms with van der Waals surface area (Å²) in [5.41, 5.74) is 7.05. The Morgan fingerprint density at radius 1 is 1.00 bits per heavy atom. The molecule has 4 aliphatic carbocycles. The minimum atomic E-state index is -0.524. The highest BCUT2D eigenvalue weighted by atomic mass is 19.1. The second-order valence-corrected chi connectivity index (χ2v) is 7.42. The largest absolute Gasteiger partial charge is 0.323 e. The van der Waals surface area contributed by atoms with Gasteiger partial charge in [0.2, 0.25) is 0 Å². The van der Waals surface area contributed by atoms with E-state index in [1.807, 2.05) is 0 Å². The van der Waals surface area contributed by atoms with Crippen molar-refractivity contribution in [3.05, 3.63) is 35.4 Å². The van der Waals surface area contributed by atoms with Crippen molar-refractivity contribution >= 4 is 0 Å². The average molecular weight is 277 g/mol. The lowest BCUT2D eigenvalue weighted by Crippen LogP contribution is -2.51. The summed E-state index contributed by atoms with van der Waals surface area (Å²) >= 11 is 0. The van der Waals surface area contributed by atoms with Gasteiger partial charge in [-0.25, -0.2) is 8.78 Å². The predicted molar refractivity (Wildman–Crippen MR) is 73.9 cm³/mol. The molecule has 0 radical (unpaired) electrons. The summed E-state index contributed by atoms with van der Waals surface area (Å²) in [5, 5.41) is 0. The van der Waals surface area contributed by atoms with Crippen LogP contribution in [-0.2, 0) is 0 Å². The molecular weight excluding hydrogens is 256 g/mol. The maximum atomic E-state index is 14.1. The van der Waals surface area contributed by atoms with Gasteiger partial charge in [-0.05, 0) is 67.8 Å². The van der Waals surface area contributed by atoms with Crippen LogP contribution in [0.25, 0.3) is 0 Å². The van der Waals surface area contributed by atoms with Crippen LogP contribution in [0.15, 0.2) is 18.2 Å². The summed E-state index contributed by atoms with van der Waals surface area (Å²) in [6.45, 7) is 0. The molecule has 1 aromatic rings. The van der Waals surface area contributed by atoms with Crippen LogP contribution in [0.3, 0.4) is 0 Å². The topological polar surface area (TPSA) is 26.0 Å². The van der Waals surface area contributed by atoms with Gasteiger partial charge in [0, 0.05) is 17.7 Å². The Morgan fingerprint density at radius 3 is 2.05 bits per heavy atom. The standard InChI is InChI=1S/C17H21F2N/c18-13-1-2-14(15(19)6-13)16(20)17-7-10-3-11(8-17)5-12(4-10)9-17/h1-2,6,10-12,16H,3-5,7-9,20H2. The Labute approximate surface area is 118 Å². The molecule has 0 aromatic heterocycles. The number of benzene rings is 1. The van der Waals surface area contributed by atoms with Gasteiger partial charge in [0.05, 0.1) is 0 Å². The zero-order valence-corrected chi connectivity index (χ0v) is 11.6. The summed E-state index contributed by atoms with van der Waals surface area (Å²) in [6, 6.07) is 3.57. The second kappa shape index (κ2) is 4.27. The van der Waals surface area contributed by atoms with E-state index in [2.05, 4.69) is 0 Å². The Bertz CT molecular complexity index is 505. The van der Waals surface area contributed by atoms with Crippen LogP contribution in [0.5, 0.6) is 0 Å². The van der Waals surface area contributed by atoms with E-state index in [1.165, 1.54) is 25.3 Å². The molecule has 0 amide bonds. The summed E-state index contributed by atoms with van der Waals surface area (Å²) in [6.07, 6.45) is 7.44. The molecule has 2 N–H and O–H groups in total. The maximum Gasteiger partial charge on any atom is 0.130 e. The minimum absolute atomic E-state index is 0.0629. The van der Waals surface area contributed by atoms with Crippen LogP contribution in [0, 0.1) is 34.8 Å². The fraction of sp³-hybridized carbons (Fsp3) is 0.647. The van der Waals surface area contributed by atoms with E-state index >= 15 is 0 Å². The van der Waals surface area contributed by atoms with Gasteiger partial charge in [-0.1, -0.05) is 6.07 Å². The monoisotopic (exact) mass is 277 g/mol. The Balaban J connectivity index is 1.69. The van der Waals surface area contributed by atoms with Crippen molar-refractivity contribution in [1.82, 2.24) is 0 Å². The zero-order chi connectivity index (χ0) is 13.9. The van der Waals surface area contributed by atoms with Crippen molar-refractivity contribution in [2.24, 2.45) is 28.9 Å². The summed E-state index contributed by atoms with van der Waals surface area (Å²) in [7, 11) is 0. The highest BCUT2D eigenvalue weighted by molar-refractivity contribution is 5.25. The first-order valence-electron chi connectivity index (χ1n) is 7.76. The van der Waals surface area contributed by atoms with Gasteiger partial charge >= 0.3 is 0 Å². The normalized spacial score (nSPS) is 40.0. The van der Waals surface area contributed by atoms with Gasteiger partial charge in [-0.2, -0.15) is 0 Å². The third-order valence-electron chi connectivity index (χ3n) is 6.04. The fourth-order valence-corrected chi connectivity index (χ4v) is 5.64. The zero-order valence-electron chi connectivity index (χ0n) is 11.6. The molecule has 3 heteroatoms. The van der Waals surface area contributed by atoms with Crippen molar-refractivity contribution in [3.63, 3.8) is 0 Å². The van der Waals surface area contributed by atoms with Gasteiger partial charge in [0.1, 0.15) is 11.6 Å². The van der Waals surface area contributed by atoms with Crippen molar-refractivity contribution < 1.29 is 8.78 Å². The van der Waals surface area contributed by atoms with Crippen LogP contribution in [0.2, 0.25) is 0 Å². The van der Waals surface area contributed by atoms with E-state index in [1.54, 1.807) is 6.07 Å². The summed E-state index contributed by atoms with van der Waals surface area (Å²) < 4.78 is 27.2. The van der Waals surface area contributed by atoms with E-state index in [4.69, 9.17) is 5.73 Å². The van der Waals surface area contributed by atoms with Crippen molar-refractivity contribution in [2.75, 3.05) is 0 Å². The van der Waals surface area contributed by atoms with Crippen molar-refractivity contribution in [3.8, 4) is 0 Å². The quantitative estimate of drug-likeness (QED) is 0.862. The van der Waals surface area contributed by atoms with Crippen LogP contribution in [0.4, 0.5) is 8.78 Å². The molecule has 0 saturated heterocycles. The van der Waals surface area contributed by atoms with Crippen LogP contribution < -0.4 is 5.73 Å². The van der Waals surface area contributed by atoms with Crippen LogP contribution in [0.1, 0.15) is 50.1 Å². The Hall–Kier alpha value is -0.960. The molecule has 1 atom stereocenters. The minimum Gasteiger partial charge on any atom is -0.323 e. The summed E-state index contributed by atoms with van der Waals surface area (Å²) in [5.74, 6) is 1.36. The summed E-state index contributed by atoms with van der Waals surface area (Å²) in [4.78, 5) is 0. The molecule has 20 heavy (non-hydrogen) atoms.